The van der Waals surface area contributed by atoms with Crippen molar-refractivity contribution in [3.8, 4) is 11.4 Å². The van der Waals surface area contributed by atoms with Gasteiger partial charge < -0.3 is 9.80 Å². The number of aryl methyl sites for hydroxylation is 1. The molecular formula is C28H31FN6O. The number of carbonyl (C=O) groups is 1. The summed E-state index contributed by atoms with van der Waals surface area (Å²) < 4.78 is 14.9. The number of amides is 1. The molecule has 2 aromatic heterocycles. The van der Waals surface area contributed by atoms with Gasteiger partial charge in [-0.25, -0.2) is 4.39 Å². The molecule has 0 unspecified atom stereocenters. The molecule has 0 aliphatic carbocycles. The number of hydrogen-bond donors (Lipinski definition) is 1. The zero-order valence-electron chi connectivity index (χ0n) is 21.1. The minimum Gasteiger partial charge on any atom is -0.354 e. The second kappa shape index (κ2) is 9.33. The topological polar surface area (TPSA) is 78.0 Å². The second-order valence-corrected chi connectivity index (χ2v) is 10.0. The summed E-state index contributed by atoms with van der Waals surface area (Å²) in [5.41, 5.74) is 1.83. The Morgan fingerprint density at radius 1 is 1.08 bits per heavy atom. The molecule has 0 bridgehead atoms. The van der Waals surface area contributed by atoms with Gasteiger partial charge in [-0.15, -0.1) is 10.2 Å². The largest absolute Gasteiger partial charge is 0.354 e. The number of anilines is 1. The van der Waals surface area contributed by atoms with Gasteiger partial charge in [-0.2, -0.15) is 5.10 Å². The Morgan fingerprint density at radius 2 is 1.81 bits per heavy atom. The van der Waals surface area contributed by atoms with Crippen molar-refractivity contribution in [2.24, 2.45) is 0 Å². The number of H-pyrrole nitrogens is 1. The molecule has 2 aromatic carbocycles. The average molecular weight is 487 g/mol. The molecular weight excluding hydrogens is 455 g/mol. The Labute approximate surface area is 210 Å². The maximum absolute atomic E-state index is 14.9. The highest BCUT2D eigenvalue weighted by Crippen LogP contribution is 2.33. The van der Waals surface area contributed by atoms with E-state index >= 15 is 0 Å². The summed E-state index contributed by atoms with van der Waals surface area (Å²) in [6.45, 7) is 6.41. The van der Waals surface area contributed by atoms with Crippen LogP contribution in [-0.4, -0.2) is 57.4 Å². The lowest BCUT2D eigenvalue weighted by molar-refractivity contribution is 0.0702. The van der Waals surface area contributed by atoms with Crippen molar-refractivity contribution in [2.45, 2.75) is 45.3 Å². The molecule has 5 rings (SSSR count). The van der Waals surface area contributed by atoms with E-state index in [1.165, 1.54) is 13.8 Å². The fourth-order valence-corrected chi connectivity index (χ4v) is 5.07. The maximum Gasteiger partial charge on any atom is 0.254 e. The van der Waals surface area contributed by atoms with Crippen LogP contribution >= 0.6 is 0 Å². The zero-order valence-corrected chi connectivity index (χ0v) is 21.1. The minimum absolute atomic E-state index is 0.0640. The molecule has 1 aliphatic heterocycles. The first-order valence-electron chi connectivity index (χ1n) is 12.3. The van der Waals surface area contributed by atoms with Crippen molar-refractivity contribution < 1.29 is 9.18 Å². The number of piperidine rings is 1. The zero-order chi connectivity index (χ0) is 25.4. The first-order valence-corrected chi connectivity index (χ1v) is 12.3. The van der Waals surface area contributed by atoms with Gasteiger partial charge in [-0.3, -0.25) is 9.89 Å². The van der Waals surface area contributed by atoms with Crippen LogP contribution in [0.1, 0.15) is 48.2 Å². The Morgan fingerprint density at radius 3 is 2.47 bits per heavy atom. The predicted molar refractivity (Wildman–Crippen MR) is 140 cm³/mol. The maximum atomic E-state index is 14.9. The van der Waals surface area contributed by atoms with E-state index in [-0.39, 0.29) is 11.9 Å². The van der Waals surface area contributed by atoms with Crippen LogP contribution in [0.2, 0.25) is 0 Å². The van der Waals surface area contributed by atoms with E-state index in [9.17, 15) is 9.18 Å². The number of nitrogens with zero attached hydrogens (tertiary/aromatic N) is 5. The van der Waals surface area contributed by atoms with E-state index in [0.717, 1.165) is 59.5 Å². The van der Waals surface area contributed by atoms with Gasteiger partial charge in [0.2, 0.25) is 0 Å². The van der Waals surface area contributed by atoms with Crippen LogP contribution in [0.4, 0.5) is 10.2 Å². The molecule has 3 heterocycles. The van der Waals surface area contributed by atoms with Crippen LogP contribution in [0.5, 0.6) is 0 Å². The van der Waals surface area contributed by atoms with Crippen LogP contribution in [-0.2, 0) is 5.67 Å². The first kappa shape index (κ1) is 23.9. The van der Waals surface area contributed by atoms with Gasteiger partial charge in [0.15, 0.2) is 5.82 Å². The molecule has 4 aromatic rings. The predicted octanol–water partition coefficient (Wildman–Crippen LogP) is 5.27. The van der Waals surface area contributed by atoms with Crippen molar-refractivity contribution in [2.75, 3.05) is 25.0 Å². The van der Waals surface area contributed by atoms with E-state index in [1.807, 2.05) is 38.2 Å². The van der Waals surface area contributed by atoms with Gasteiger partial charge in [-0.05, 0) is 45.7 Å². The summed E-state index contributed by atoms with van der Waals surface area (Å²) in [5, 5.41) is 18.2. The summed E-state index contributed by atoms with van der Waals surface area (Å²) in [7, 11) is 1.83. The van der Waals surface area contributed by atoms with Crippen molar-refractivity contribution in [3.05, 3.63) is 71.4 Å². The molecule has 8 heteroatoms. The second-order valence-electron chi connectivity index (χ2n) is 10.0. The third-order valence-electron chi connectivity index (χ3n) is 7.10. The van der Waals surface area contributed by atoms with Crippen molar-refractivity contribution in [1.29, 1.82) is 0 Å². The standard InChI is InChI=1S/C28H31FN6O/c1-18-9-10-22(23(17-18)28(2,3)29)27(36)34(4)19-12-15-35(16-13-19)26-21-8-6-5-7-20(21)25(32-33-26)24-11-14-30-31-24/h5-11,14,17,19H,12-13,15-16H2,1-4H3,(H,30,31). The van der Waals surface area contributed by atoms with E-state index in [0.29, 0.717) is 11.1 Å². The number of hydrogen-bond acceptors (Lipinski definition) is 5. The number of rotatable bonds is 5. The molecule has 1 N–H and O–H groups in total. The van der Waals surface area contributed by atoms with Gasteiger partial charge in [0.05, 0.1) is 5.69 Å². The van der Waals surface area contributed by atoms with Crippen LogP contribution in [0.3, 0.4) is 0 Å². The Balaban J connectivity index is 1.35. The van der Waals surface area contributed by atoms with E-state index in [1.54, 1.807) is 23.2 Å². The van der Waals surface area contributed by atoms with Crippen LogP contribution in [0, 0.1) is 6.92 Å². The highest BCUT2D eigenvalue weighted by Gasteiger charge is 2.31. The fourth-order valence-electron chi connectivity index (χ4n) is 5.07. The third-order valence-corrected chi connectivity index (χ3v) is 7.10. The molecule has 36 heavy (non-hydrogen) atoms. The van der Waals surface area contributed by atoms with Crippen molar-refractivity contribution in [1.82, 2.24) is 25.3 Å². The minimum atomic E-state index is -1.59. The monoisotopic (exact) mass is 486 g/mol. The lowest BCUT2D eigenvalue weighted by Gasteiger charge is -2.38. The van der Waals surface area contributed by atoms with E-state index < -0.39 is 5.67 Å². The quantitative estimate of drug-likeness (QED) is 0.416. The summed E-state index contributed by atoms with van der Waals surface area (Å²) in [4.78, 5) is 17.4. The Bertz CT molecular complexity index is 1390. The van der Waals surface area contributed by atoms with Gasteiger partial charge >= 0.3 is 0 Å². The summed E-state index contributed by atoms with van der Waals surface area (Å²) in [6.07, 6.45) is 3.29. The number of benzene rings is 2. The van der Waals surface area contributed by atoms with Crippen molar-refractivity contribution in [3.63, 3.8) is 0 Å². The molecule has 0 atom stereocenters. The smallest absolute Gasteiger partial charge is 0.254 e. The number of nitrogens with one attached hydrogen (secondary N) is 1. The number of fused-ring (bicyclic) bond motifs is 1. The van der Waals surface area contributed by atoms with Crippen LogP contribution in [0.25, 0.3) is 22.2 Å². The summed E-state index contributed by atoms with van der Waals surface area (Å²) in [6, 6.07) is 15.5. The molecule has 1 aliphatic rings. The van der Waals surface area contributed by atoms with Gasteiger partial charge in [-0.1, -0.05) is 42.0 Å². The van der Waals surface area contributed by atoms with E-state index in [2.05, 4.69) is 37.4 Å². The fraction of sp³-hybridized carbons (Fsp3) is 0.357. The molecule has 0 saturated carbocycles. The number of halogens is 1. The Hall–Kier alpha value is -3.81. The molecule has 1 amide bonds. The van der Waals surface area contributed by atoms with Gasteiger partial charge in [0, 0.05) is 54.3 Å². The molecule has 1 saturated heterocycles. The number of aromatic amines is 1. The Kier molecular flexibility index (Phi) is 6.20. The first-order chi connectivity index (χ1) is 17.2. The molecule has 186 valence electrons. The highest BCUT2D eigenvalue weighted by atomic mass is 19.1. The lowest BCUT2D eigenvalue weighted by Crippen LogP contribution is -2.46. The number of carbonyl (C=O) groups excluding carboxylic acids is 1. The van der Waals surface area contributed by atoms with Crippen LogP contribution in [0.15, 0.2) is 54.7 Å². The molecule has 0 radical (unpaired) electrons. The summed E-state index contributed by atoms with van der Waals surface area (Å²) >= 11 is 0. The molecule has 0 spiro atoms. The number of aromatic nitrogens is 4. The molecule has 7 nitrogen and oxygen atoms in total. The SMILES string of the molecule is Cc1ccc(C(=O)N(C)C2CCN(c3nnc(-c4ccn[nH]4)c4ccccc34)CC2)c(C(C)(C)F)c1. The highest BCUT2D eigenvalue weighted by molar-refractivity contribution is 6.00. The lowest BCUT2D eigenvalue weighted by atomic mass is 9.91. The van der Waals surface area contributed by atoms with Crippen molar-refractivity contribution >= 4 is 22.5 Å². The van der Waals surface area contributed by atoms with Gasteiger partial charge in [0.1, 0.15) is 11.4 Å². The molecule has 1 fully saturated rings. The third kappa shape index (κ3) is 4.43. The average Bonchev–Trinajstić information content (AvgIpc) is 3.42. The number of alkyl halides is 1. The summed E-state index contributed by atoms with van der Waals surface area (Å²) in [5.74, 6) is 0.713. The normalized spacial score (nSPS) is 14.9. The van der Waals surface area contributed by atoms with E-state index in [4.69, 9.17) is 0 Å². The van der Waals surface area contributed by atoms with Gasteiger partial charge in [0.25, 0.3) is 5.91 Å². The van der Waals surface area contributed by atoms with Crippen LogP contribution < -0.4 is 4.90 Å².